The first-order chi connectivity index (χ1) is 10.0. The molecule has 6 heteroatoms. The lowest BCUT2D eigenvalue weighted by Gasteiger charge is -2.06. The van der Waals surface area contributed by atoms with Gasteiger partial charge in [0.1, 0.15) is 5.82 Å². The highest BCUT2D eigenvalue weighted by Crippen LogP contribution is 2.11. The van der Waals surface area contributed by atoms with Gasteiger partial charge in [0.25, 0.3) is 5.91 Å². The normalized spacial score (nSPS) is 10.0. The molecular formula is C15H11FINO3. The molecule has 0 spiro atoms. The molecule has 2 aromatic carbocycles. The van der Waals surface area contributed by atoms with Crippen LogP contribution >= 0.6 is 22.6 Å². The molecule has 0 unspecified atom stereocenters. The molecule has 2 aromatic rings. The van der Waals surface area contributed by atoms with Gasteiger partial charge in [-0.1, -0.05) is 6.07 Å². The van der Waals surface area contributed by atoms with Gasteiger partial charge in [0.05, 0.1) is 5.56 Å². The van der Waals surface area contributed by atoms with Crippen LogP contribution in [0.4, 0.5) is 10.1 Å². The highest BCUT2D eigenvalue weighted by molar-refractivity contribution is 14.1. The van der Waals surface area contributed by atoms with Crippen molar-refractivity contribution in [2.75, 3.05) is 11.9 Å². The standard InChI is InChI=1S/C15H11FINO3/c16-11-3-1-2-10(8-11)15(20)21-9-14(19)18-13-6-4-12(17)5-7-13/h1-8H,9H2,(H,18,19). The lowest BCUT2D eigenvalue weighted by molar-refractivity contribution is -0.119. The molecule has 2 rings (SSSR count). The average molecular weight is 399 g/mol. The van der Waals surface area contributed by atoms with Crippen LogP contribution in [0.3, 0.4) is 0 Å². The summed E-state index contributed by atoms with van der Waals surface area (Å²) in [5, 5.41) is 2.59. The van der Waals surface area contributed by atoms with Gasteiger partial charge in [0, 0.05) is 9.26 Å². The highest BCUT2D eigenvalue weighted by Gasteiger charge is 2.11. The van der Waals surface area contributed by atoms with E-state index in [4.69, 9.17) is 4.74 Å². The first kappa shape index (κ1) is 15.4. The van der Waals surface area contributed by atoms with E-state index in [-0.39, 0.29) is 5.56 Å². The topological polar surface area (TPSA) is 55.4 Å². The maximum absolute atomic E-state index is 13.0. The molecule has 108 valence electrons. The lowest BCUT2D eigenvalue weighted by Crippen LogP contribution is -2.20. The van der Waals surface area contributed by atoms with Crippen molar-refractivity contribution in [2.24, 2.45) is 0 Å². The maximum atomic E-state index is 13.0. The van der Waals surface area contributed by atoms with Crippen LogP contribution in [0.25, 0.3) is 0 Å². The highest BCUT2D eigenvalue weighted by atomic mass is 127. The average Bonchev–Trinajstić information content (AvgIpc) is 2.47. The molecule has 0 saturated carbocycles. The third-order valence-electron chi connectivity index (χ3n) is 2.52. The molecule has 1 amide bonds. The Bertz CT molecular complexity index is 658. The van der Waals surface area contributed by atoms with E-state index in [9.17, 15) is 14.0 Å². The van der Waals surface area contributed by atoms with Crippen LogP contribution in [0.2, 0.25) is 0 Å². The third kappa shape index (κ3) is 4.82. The van der Waals surface area contributed by atoms with Crippen molar-refractivity contribution in [3.8, 4) is 0 Å². The third-order valence-corrected chi connectivity index (χ3v) is 3.24. The summed E-state index contributed by atoms with van der Waals surface area (Å²) < 4.78 is 18.8. The number of ether oxygens (including phenoxy) is 1. The summed E-state index contributed by atoms with van der Waals surface area (Å²) in [7, 11) is 0. The molecule has 0 aromatic heterocycles. The fourth-order valence-electron chi connectivity index (χ4n) is 1.56. The smallest absolute Gasteiger partial charge is 0.338 e. The molecular weight excluding hydrogens is 388 g/mol. The number of anilines is 1. The molecule has 0 aliphatic heterocycles. The zero-order chi connectivity index (χ0) is 15.2. The van der Waals surface area contributed by atoms with E-state index < -0.39 is 24.3 Å². The van der Waals surface area contributed by atoms with Gasteiger partial charge in [-0.2, -0.15) is 0 Å². The summed E-state index contributed by atoms with van der Waals surface area (Å²) in [6.07, 6.45) is 0. The Labute approximate surface area is 134 Å². The van der Waals surface area contributed by atoms with Gasteiger partial charge in [0.2, 0.25) is 0 Å². The van der Waals surface area contributed by atoms with Crippen LogP contribution in [0, 0.1) is 9.39 Å². The largest absolute Gasteiger partial charge is 0.452 e. The minimum atomic E-state index is -0.743. The Morgan fingerprint density at radius 3 is 2.52 bits per heavy atom. The number of hydrogen-bond acceptors (Lipinski definition) is 3. The molecule has 0 aliphatic rings. The summed E-state index contributed by atoms with van der Waals surface area (Å²) in [5.41, 5.74) is 0.680. The van der Waals surface area contributed by atoms with Gasteiger partial charge < -0.3 is 10.1 Å². The van der Waals surface area contributed by atoms with Crippen molar-refractivity contribution in [1.29, 1.82) is 0 Å². The fourth-order valence-corrected chi connectivity index (χ4v) is 1.92. The van der Waals surface area contributed by atoms with Crippen molar-refractivity contribution < 1.29 is 18.7 Å². The quantitative estimate of drug-likeness (QED) is 0.635. The number of nitrogens with one attached hydrogen (secondary N) is 1. The van der Waals surface area contributed by atoms with Gasteiger partial charge in [0.15, 0.2) is 6.61 Å². The van der Waals surface area contributed by atoms with Crippen LogP contribution in [-0.4, -0.2) is 18.5 Å². The van der Waals surface area contributed by atoms with Crippen LogP contribution in [0.5, 0.6) is 0 Å². The number of rotatable bonds is 4. The van der Waals surface area contributed by atoms with Gasteiger partial charge in [-0.25, -0.2) is 9.18 Å². The first-order valence-electron chi connectivity index (χ1n) is 6.03. The monoisotopic (exact) mass is 399 g/mol. The molecule has 0 fully saturated rings. The van der Waals surface area contributed by atoms with E-state index in [1.165, 1.54) is 18.2 Å². The second-order valence-corrected chi connectivity index (χ2v) is 5.39. The minimum Gasteiger partial charge on any atom is -0.452 e. The Morgan fingerprint density at radius 2 is 1.86 bits per heavy atom. The summed E-state index contributed by atoms with van der Waals surface area (Å²) in [4.78, 5) is 23.3. The molecule has 0 saturated heterocycles. The Kier molecular flexibility index (Phi) is 5.26. The van der Waals surface area contributed by atoms with Crippen molar-refractivity contribution in [3.05, 3.63) is 63.5 Å². The summed E-state index contributed by atoms with van der Waals surface area (Å²) >= 11 is 2.15. The van der Waals surface area contributed by atoms with Crippen LogP contribution in [-0.2, 0) is 9.53 Å². The number of benzene rings is 2. The zero-order valence-corrected chi connectivity index (χ0v) is 13.0. The maximum Gasteiger partial charge on any atom is 0.338 e. The van der Waals surface area contributed by atoms with E-state index in [2.05, 4.69) is 27.9 Å². The number of esters is 1. The molecule has 0 atom stereocenters. The predicted octanol–water partition coefficient (Wildman–Crippen LogP) is 3.23. The van der Waals surface area contributed by atoms with E-state index in [0.717, 1.165) is 9.64 Å². The number of amides is 1. The zero-order valence-electron chi connectivity index (χ0n) is 10.8. The number of hydrogen-bond donors (Lipinski definition) is 1. The molecule has 4 nitrogen and oxygen atoms in total. The Balaban J connectivity index is 1.86. The van der Waals surface area contributed by atoms with Crippen LogP contribution in [0.1, 0.15) is 10.4 Å². The van der Waals surface area contributed by atoms with Crippen molar-refractivity contribution in [3.63, 3.8) is 0 Å². The van der Waals surface area contributed by atoms with Gasteiger partial charge >= 0.3 is 5.97 Å². The van der Waals surface area contributed by atoms with Crippen LogP contribution < -0.4 is 5.32 Å². The second kappa shape index (κ2) is 7.16. The first-order valence-corrected chi connectivity index (χ1v) is 7.10. The van der Waals surface area contributed by atoms with Crippen molar-refractivity contribution >= 4 is 40.2 Å². The van der Waals surface area contributed by atoms with E-state index in [1.54, 1.807) is 12.1 Å². The predicted molar refractivity (Wildman–Crippen MR) is 84.5 cm³/mol. The van der Waals surface area contributed by atoms with Gasteiger partial charge in [-0.05, 0) is 65.1 Å². The van der Waals surface area contributed by atoms with Gasteiger partial charge in [-0.15, -0.1) is 0 Å². The Morgan fingerprint density at radius 1 is 1.14 bits per heavy atom. The second-order valence-electron chi connectivity index (χ2n) is 4.14. The molecule has 0 aliphatic carbocycles. The number of carbonyl (C=O) groups is 2. The number of halogens is 2. The summed E-state index contributed by atoms with van der Waals surface area (Å²) in [6.45, 7) is -0.429. The summed E-state index contributed by atoms with van der Waals surface area (Å²) in [6, 6.07) is 12.3. The van der Waals surface area contributed by atoms with E-state index in [1.807, 2.05) is 12.1 Å². The van der Waals surface area contributed by atoms with E-state index in [0.29, 0.717) is 5.69 Å². The fraction of sp³-hybridized carbons (Fsp3) is 0.0667. The van der Waals surface area contributed by atoms with Crippen molar-refractivity contribution in [2.45, 2.75) is 0 Å². The number of carbonyl (C=O) groups excluding carboxylic acids is 2. The molecule has 0 radical (unpaired) electrons. The van der Waals surface area contributed by atoms with Gasteiger partial charge in [-0.3, -0.25) is 4.79 Å². The summed E-state index contributed by atoms with van der Waals surface area (Å²) in [5.74, 6) is -1.74. The van der Waals surface area contributed by atoms with Crippen molar-refractivity contribution in [1.82, 2.24) is 0 Å². The Hall–Kier alpha value is -1.96. The van der Waals surface area contributed by atoms with E-state index >= 15 is 0 Å². The minimum absolute atomic E-state index is 0.0667. The lowest BCUT2D eigenvalue weighted by atomic mass is 10.2. The molecule has 0 bridgehead atoms. The molecule has 0 heterocycles. The van der Waals surface area contributed by atoms with Crippen LogP contribution in [0.15, 0.2) is 48.5 Å². The molecule has 21 heavy (non-hydrogen) atoms. The molecule has 1 N–H and O–H groups in total. The SMILES string of the molecule is O=C(COC(=O)c1cccc(F)c1)Nc1ccc(I)cc1.